The van der Waals surface area contributed by atoms with E-state index < -0.39 is 66.5 Å². The van der Waals surface area contributed by atoms with Gasteiger partial charge in [-0.05, 0) is 6.92 Å². The van der Waals surface area contributed by atoms with Crippen molar-refractivity contribution in [1.82, 2.24) is 0 Å². The predicted octanol–water partition coefficient (Wildman–Crippen LogP) is -3.52. The number of Topliss-reactive ketones (excluding diaryl/α,β-unsaturated/α-hetero) is 1. The Balaban J connectivity index is 3.12. The summed E-state index contributed by atoms with van der Waals surface area (Å²) in [6.45, 7) is 1.30. The van der Waals surface area contributed by atoms with Crippen LogP contribution in [0.15, 0.2) is 0 Å². The Hall–Kier alpha value is -1.63. The maximum absolute atomic E-state index is 11.7. The van der Waals surface area contributed by atoms with Crippen molar-refractivity contribution in [2.75, 3.05) is 6.61 Å². The van der Waals surface area contributed by atoms with Gasteiger partial charge in [0, 0.05) is 6.92 Å². The van der Waals surface area contributed by atoms with Gasteiger partial charge in [-0.15, -0.1) is 0 Å². The highest BCUT2D eigenvalue weighted by molar-refractivity contribution is 5.87. The van der Waals surface area contributed by atoms with E-state index in [0.717, 1.165) is 13.8 Å². The molecule has 1 rings (SSSR count). The van der Waals surface area contributed by atoms with Crippen LogP contribution in [0.5, 0.6) is 0 Å². The lowest BCUT2D eigenvalue weighted by Crippen LogP contribution is -2.72. The van der Waals surface area contributed by atoms with Crippen LogP contribution in [0.25, 0.3) is 0 Å². The van der Waals surface area contributed by atoms with Crippen LogP contribution in [0.3, 0.4) is 0 Å². The molecule has 0 spiro atoms. The van der Waals surface area contributed by atoms with Crippen molar-refractivity contribution in [2.45, 2.75) is 56.0 Å². The summed E-state index contributed by atoms with van der Waals surface area (Å²) in [5, 5.41) is 49.3. The third-order valence-corrected chi connectivity index (χ3v) is 3.88. The summed E-state index contributed by atoms with van der Waals surface area (Å²) < 4.78 is 9.35. The van der Waals surface area contributed by atoms with E-state index in [2.05, 4.69) is 4.74 Å². The highest BCUT2D eigenvalue weighted by Crippen LogP contribution is 2.36. The van der Waals surface area contributed by atoms with E-state index in [1.165, 1.54) is 0 Å². The fraction of sp³-hybridized carbons (Fsp3) is 0.769. The van der Waals surface area contributed by atoms with Gasteiger partial charge in [0.25, 0.3) is 5.79 Å². The van der Waals surface area contributed by atoms with Crippen molar-refractivity contribution in [1.29, 1.82) is 0 Å². The monoisotopic (exact) mass is 351 g/mol. The van der Waals surface area contributed by atoms with Crippen LogP contribution in [0.4, 0.5) is 0 Å². The first-order valence-corrected chi connectivity index (χ1v) is 6.97. The van der Waals surface area contributed by atoms with E-state index in [1.54, 1.807) is 0 Å². The first-order valence-electron chi connectivity index (χ1n) is 6.97. The number of nitrogens with two attached hydrogens (primary N) is 1. The molecule has 1 heterocycles. The Labute approximate surface area is 136 Å². The minimum absolute atomic E-state index is 0.674. The molecule has 0 aromatic heterocycles. The van der Waals surface area contributed by atoms with Crippen LogP contribution < -0.4 is 5.73 Å². The van der Waals surface area contributed by atoms with E-state index in [-0.39, 0.29) is 0 Å². The normalized spacial score (nSPS) is 35.8. The molecule has 1 aliphatic rings. The maximum Gasteiger partial charge on any atom is 0.364 e. The van der Waals surface area contributed by atoms with E-state index in [4.69, 9.17) is 15.6 Å². The largest absolute Gasteiger partial charge is 0.477 e. The van der Waals surface area contributed by atoms with Gasteiger partial charge in [0.1, 0.15) is 30.5 Å². The lowest BCUT2D eigenvalue weighted by Gasteiger charge is -2.48. The van der Waals surface area contributed by atoms with Gasteiger partial charge in [0.2, 0.25) is 0 Å². The van der Waals surface area contributed by atoms with Crippen LogP contribution in [-0.4, -0.2) is 85.6 Å². The number of esters is 1. The number of carbonyl (C=O) groups is 3. The number of aliphatic hydroxyl groups excluding tert-OH is 2. The number of hydrogen-bond acceptors (Lipinski definition) is 10. The summed E-state index contributed by atoms with van der Waals surface area (Å²) in [5.74, 6) is -6.63. The van der Waals surface area contributed by atoms with Gasteiger partial charge in [-0.25, -0.2) is 4.79 Å². The Morgan fingerprint density at radius 2 is 1.83 bits per heavy atom. The number of carboxylic acids is 1. The molecule has 24 heavy (non-hydrogen) atoms. The third kappa shape index (κ3) is 3.88. The summed E-state index contributed by atoms with van der Waals surface area (Å²) in [6, 6.07) is -1.66. The molecule has 6 atom stereocenters. The van der Waals surface area contributed by atoms with Crippen molar-refractivity contribution in [3.8, 4) is 0 Å². The number of hydrogen-bond donors (Lipinski definition) is 6. The Morgan fingerprint density at radius 3 is 2.25 bits per heavy atom. The summed E-state index contributed by atoms with van der Waals surface area (Å²) in [7, 11) is 0. The second-order valence-electron chi connectivity index (χ2n) is 5.72. The molecular formula is C13H21NO10. The zero-order valence-electron chi connectivity index (χ0n) is 13.1. The second kappa shape index (κ2) is 7.09. The fourth-order valence-electron chi connectivity index (χ4n) is 2.38. The molecule has 0 saturated carbocycles. The van der Waals surface area contributed by atoms with Crippen molar-refractivity contribution < 1.29 is 49.4 Å². The Morgan fingerprint density at radius 1 is 1.29 bits per heavy atom. The molecule has 0 radical (unpaired) electrons. The predicted molar refractivity (Wildman–Crippen MR) is 74.3 cm³/mol. The number of aliphatic hydroxyl groups is 4. The Kier molecular flexibility index (Phi) is 6.03. The molecule has 1 saturated heterocycles. The topological polar surface area (TPSA) is 197 Å². The zero-order valence-corrected chi connectivity index (χ0v) is 13.1. The standard InChI is InChI=1S/C13H21NO10/c1-5(15)12(21)4-13(22,11(19)20)24-9(10(12)14)8(18)7(17)3-23-6(2)16/h7-10,17-18,21-22H,3-4,14H2,1-2H3,(H,19,20)/t7-,8-,9+,10+,12-,13?/m1/s1. The van der Waals surface area contributed by atoms with Gasteiger partial charge in [-0.3, -0.25) is 9.59 Å². The number of carboxylic acid groups (broad SMARTS) is 1. The van der Waals surface area contributed by atoms with Crippen LogP contribution in [-0.2, 0) is 23.9 Å². The van der Waals surface area contributed by atoms with Crippen molar-refractivity contribution in [3.63, 3.8) is 0 Å². The quantitative estimate of drug-likeness (QED) is 0.259. The summed E-state index contributed by atoms with van der Waals surface area (Å²) in [4.78, 5) is 33.6. The van der Waals surface area contributed by atoms with Crippen LogP contribution in [0.1, 0.15) is 20.3 Å². The van der Waals surface area contributed by atoms with Crippen LogP contribution >= 0.6 is 0 Å². The minimum atomic E-state index is -3.01. The second-order valence-corrected chi connectivity index (χ2v) is 5.72. The molecule has 0 bridgehead atoms. The molecular weight excluding hydrogens is 330 g/mol. The summed E-state index contributed by atoms with van der Waals surface area (Å²) in [5.41, 5.74) is 3.18. The van der Waals surface area contributed by atoms with Gasteiger partial charge < -0.3 is 40.7 Å². The van der Waals surface area contributed by atoms with E-state index in [1.807, 2.05) is 0 Å². The maximum atomic E-state index is 11.7. The lowest BCUT2D eigenvalue weighted by atomic mass is 9.76. The molecule has 11 nitrogen and oxygen atoms in total. The molecule has 1 aliphatic heterocycles. The zero-order chi connectivity index (χ0) is 18.9. The molecule has 0 aromatic carbocycles. The molecule has 0 aliphatic carbocycles. The smallest absolute Gasteiger partial charge is 0.364 e. The molecule has 0 amide bonds. The number of ketones is 1. The van der Waals surface area contributed by atoms with Crippen LogP contribution in [0, 0.1) is 0 Å². The Bertz CT molecular complexity index is 525. The third-order valence-electron chi connectivity index (χ3n) is 3.88. The van der Waals surface area contributed by atoms with Gasteiger partial charge in [-0.2, -0.15) is 0 Å². The molecule has 1 unspecified atom stereocenters. The van der Waals surface area contributed by atoms with Gasteiger partial charge in [-0.1, -0.05) is 0 Å². The van der Waals surface area contributed by atoms with E-state index in [9.17, 15) is 34.8 Å². The van der Waals surface area contributed by atoms with Gasteiger partial charge >= 0.3 is 11.9 Å². The van der Waals surface area contributed by atoms with E-state index in [0.29, 0.717) is 0 Å². The molecule has 138 valence electrons. The van der Waals surface area contributed by atoms with Gasteiger partial charge in [0.05, 0.1) is 12.5 Å². The highest BCUT2D eigenvalue weighted by Gasteiger charge is 2.61. The molecule has 11 heteroatoms. The van der Waals surface area contributed by atoms with Crippen molar-refractivity contribution in [2.24, 2.45) is 5.73 Å². The molecule has 7 N–H and O–H groups in total. The fourth-order valence-corrected chi connectivity index (χ4v) is 2.38. The first-order chi connectivity index (χ1) is 10.8. The van der Waals surface area contributed by atoms with Crippen LogP contribution in [0.2, 0.25) is 0 Å². The van der Waals surface area contributed by atoms with Crippen molar-refractivity contribution >= 4 is 17.7 Å². The molecule has 1 fully saturated rings. The number of carbonyl (C=O) groups excluding carboxylic acids is 2. The number of ether oxygens (including phenoxy) is 2. The SMILES string of the molecule is CC(=O)OC[C@@H](O)[C@@H](O)[C@@H]1OC(O)(C(=O)O)C[C@@](O)(C(C)=O)[C@H]1N. The average molecular weight is 351 g/mol. The average Bonchev–Trinajstić information content (AvgIpc) is 2.47. The lowest BCUT2D eigenvalue weighted by molar-refractivity contribution is -0.304. The minimum Gasteiger partial charge on any atom is -0.477 e. The summed E-state index contributed by atoms with van der Waals surface area (Å²) in [6.07, 6.45) is -6.62. The van der Waals surface area contributed by atoms with Crippen molar-refractivity contribution in [3.05, 3.63) is 0 Å². The highest BCUT2D eigenvalue weighted by atomic mass is 16.7. The number of aliphatic carboxylic acids is 1. The number of rotatable bonds is 6. The molecule has 0 aromatic rings. The van der Waals surface area contributed by atoms with Gasteiger partial charge in [0.15, 0.2) is 5.78 Å². The summed E-state index contributed by atoms with van der Waals surface area (Å²) >= 11 is 0. The van der Waals surface area contributed by atoms with E-state index >= 15 is 0 Å². The first kappa shape index (κ1) is 20.4.